The van der Waals surface area contributed by atoms with Crippen LogP contribution in [0.4, 0.5) is 0 Å². The van der Waals surface area contributed by atoms with Gasteiger partial charge in [0.1, 0.15) is 6.04 Å². The van der Waals surface area contributed by atoms with Crippen LogP contribution in [0.25, 0.3) is 0 Å². The van der Waals surface area contributed by atoms with Crippen LogP contribution in [0.2, 0.25) is 5.02 Å². The summed E-state index contributed by atoms with van der Waals surface area (Å²) >= 11 is 6.06. The number of nitrogens with zero attached hydrogens (tertiary/aromatic N) is 4. The Morgan fingerprint density at radius 2 is 1.96 bits per heavy atom. The Hall–Kier alpha value is -1.85. The molecule has 25 heavy (non-hydrogen) atoms. The molecule has 5 nitrogen and oxygen atoms in total. The van der Waals surface area contributed by atoms with Gasteiger partial charge in [-0.1, -0.05) is 41.4 Å². The molecule has 3 rings (SSSR count). The van der Waals surface area contributed by atoms with Crippen molar-refractivity contribution in [2.75, 3.05) is 26.2 Å². The van der Waals surface area contributed by atoms with Crippen molar-refractivity contribution in [2.24, 2.45) is 0 Å². The number of carbonyl (C=O) groups excluding carboxylic acids is 1. The fraction of sp³-hybridized carbons (Fsp3) is 0.474. The number of hydrogen-bond acceptors (Lipinski definition) is 3. The van der Waals surface area contributed by atoms with Crippen molar-refractivity contribution < 1.29 is 4.79 Å². The number of hydrogen-bond donors (Lipinski definition) is 0. The monoisotopic (exact) mass is 360 g/mol. The van der Waals surface area contributed by atoms with Crippen molar-refractivity contribution in [3.8, 4) is 0 Å². The van der Waals surface area contributed by atoms with E-state index in [0.717, 1.165) is 38.4 Å². The Bertz CT molecular complexity index is 750. The minimum Gasteiger partial charge on any atom is -0.338 e. The number of carbonyl (C=O) groups is 1. The molecule has 0 radical (unpaired) electrons. The van der Waals surface area contributed by atoms with Crippen LogP contribution in [-0.2, 0) is 11.3 Å². The second-order valence-electron chi connectivity index (χ2n) is 6.79. The zero-order chi connectivity index (χ0) is 18.0. The van der Waals surface area contributed by atoms with E-state index in [1.165, 1.54) is 11.1 Å². The van der Waals surface area contributed by atoms with Gasteiger partial charge in [0.2, 0.25) is 5.91 Å². The van der Waals surface area contributed by atoms with Crippen molar-refractivity contribution in [3.05, 3.63) is 52.3 Å². The van der Waals surface area contributed by atoms with Crippen LogP contribution in [0.3, 0.4) is 0 Å². The van der Waals surface area contributed by atoms with Gasteiger partial charge in [-0.15, -0.1) is 0 Å². The maximum atomic E-state index is 12.8. The summed E-state index contributed by atoms with van der Waals surface area (Å²) in [5.41, 5.74) is 3.45. The molecule has 2 heterocycles. The smallest absolute Gasteiger partial charge is 0.247 e. The molecule has 2 aromatic rings. The lowest BCUT2D eigenvalue weighted by molar-refractivity contribution is -0.136. The lowest BCUT2D eigenvalue weighted by atomic mass is 10.1. The third-order valence-corrected chi connectivity index (χ3v) is 5.25. The van der Waals surface area contributed by atoms with Crippen molar-refractivity contribution in [2.45, 2.75) is 33.4 Å². The quantitative estimate of drug-likeness (QED) is 0.841. The maximum Gasteiger partial charge on any atom is 0.247 e. The number of benzene rings is 1. The third-order valence-electron chi connectivity index (χ3n) is 4.88. The zero-order valence-corrected chi connectivity index (χ0v) is 15.8. The van der Waals surface area contributed by atoms with E-state index in [1.54, 1.807) is 10.9 Å². The summed E-state index contributed by atoms with van der Waals surface area (Å²) < 4.78 is 1.71. The molecule has 1 aromatic carbocycles. The average Bonchev–Trinajstić information content (AvgIpc) is 2.93. The molecule has 1 saturated heterocycles. The summed E-state index contributed by atoms with van der Waals surface area (Å²) in [5, 5.41) is 4.84. The van der Waals surface area contributed by atoms with E-state index in [9.17, 15) is 4.79 Å². The van der Waals surface area contributed by atoms with Gasteiger partial charge in [0.05, 0.1) is 16.9 Å². The number of rotatable bonds is 4. The zero-order valence-electron chi connectivity index (χ0n) is 15.1. The Kier molecular flexibility index (Phi) is 5.45. The second kappa shape index (κ2) is 7.58. The van der Waals surface area contributed by atoms with Crippen molar-refractivity contribution in [1.82, 2.24) is 19.6 Å². The summed E-state index contributed by atoms with van der Waals surface area (Å²) in [5.74, 6) is 0.109. The van der Waals surface area contributed by atoms with E-state index in [2.05, 4.69) is 41.2 Å². The summed E-state index contributed by atoms with van der Waals surface area (Å²) in [6.45, 7) is 10.1. The van der Waals surface area contributed by atoms with Gasteiger partial charge in [-0.2, -0.15) is 5.10 Å². The molecule has 6 heteroatoms. The summed E-state index contributed by atoms with van der Waals surface area (Å²) in [6.07, 6.45) is 1.60. The van der Waals surface area contributed by atoms with Crippen LogP contribution in [0, 0.1) is 13.8 Å². The van der Waals surface area contributed by atoms with Gasteiger partial charge in [0, 0.05) is 32.7 Å². The predicted octanol–water partition coefficient (Wildman–Crippen LogP) is 3.06. The first-order valence-corrected chi connectivity index (χ1v) is 9.10. The van der Waals surface area contributed by atoms with E-state index in [4.69, 9.17) is 11.6 Å². The molecule has 1 unspecified atom stereocenters. The van der Waals surface area contributed by atoms with Crippen LogP contribution >= 0.6 is 11.6 Å². The highest BCUT2D eigenvalue weighted by Gasteiger charge is 2.27. The number of halogens is 1. The molecule has 1 aliphatic rings. The SMILES string of the molecule is Cc1cccc(CN2CCN(C(=O)C(C)n3ncc(Cl)c3C)CC2)c1. The Balaban J connectivity index is 1.56. The Labute approximate surface area is 154 Å². The first-order valence-electron chi connectivity index (χ1n) is 8.72. The van der Waals surface area contributed by atoms with E-state index in [1.807, 2.05) is 18.7 Å². The van der Waals surface area contributed by atoms with Crippen LogP contribution in [-0.4, -0.2) is 51.7 Å². The minimum absolute atomic E-state index is 0.109. The molecule has 0 aliphatic carbocycles. The highest BCUT2D eigenvalue weighted by atomic mass is 35.5. The molecule has 1 atom stereocenters. The number of aryl methyl sites for hydroxylation is 1. The lowest BCUT2D eigenvalue weighted by Crippen LogP contribution is -2.50. The molecule has 1 aromatic heterocycles. The van der Waals surface area contributed by atoms with Gasteiger partial charge >= 0.3 is 0 Å². The average molecular weight is 361 g/mol. The van der Waals surface area contributed by atoms with Gasteiger partial charge in [0.15, 0.2) is 0 Å². The van der Waals surface area contributed by atoms with Crippen LogP contribution < -0.4 is 0 Å². The standard InChI is InChI=1S/C19H25ClN4O/c1-14-5-4-6-17(11-14)13-22-7-9-23(10-8-22)19(25)16(3)24-15(2)18(20)12-21-24/h4-6,11-12,16H,7-10,13H2,1-3H3. The van der Waals surface area contributed by atoms with Crippen LogP contribution in [0.15, 0.2) is 30.5 Å². The molecular weight excluding hydrogens is 336 g/mol. The number of aromatic nitrogens is 2. The van der Waals surface area contributed by atoms with Crippen molar-refractivity contribution in [1.29, 1.82) is 0 Å². The normalized spacial score (nSPS) is 16.9. The summed E-state index contributed by atoms with van der Waals surface area (Å²) in [6, 6.07) is 8.28. The third kappa shape index (κ3) is 4.05. The molecule has 1 aliphatic heterocycles. The second-order valence-corrected chi connectivity index (χ2v) is 7.20. The Morgan fingerprint density at radius 1 is 1.24 bits per heavy atom. The van der Waals surface area contributed by atoms with Crippen molar-refractivity contribution >= 4 is 17.5 Å². The van der Waals surface area contributed by atoms with E-state index in [0.29, 0.717) is 5.02 Å². The van der Waals surface area contributed by atoms with Gasteiger partial charge in [0.25, 0.3) is 0 Å². The fourth-order valence-corrected chi connectivity index (χ4v) is 3.49. The van der Waals surface area contributed by atoms with Gasteiger partial charge < -0.3 is 4.90 Å². The predicted molar refractivity (Wildman–Crippen MR) is 99.7 cm³/mol. The summed E-state index contributed by atoms with van der Waals surface area (Å²) in [4.78, 5) is 17.1. The van der Waals surface area contributed by atoms with Crippen LogP contribution in [0.5, 0.6) is 0 Å². The van der Waals surface area contributed by atoms with Gasteiger partial charge in [-0.3, -0.25) is 14.4 Å². The molecule has 0 saturated carbocycles. The molecule has 0 bridgehead atoms. The lowest BCUT2D eigenvalue weighted by Gasteiger charge is -2.36. The van der Waals surface area contributed by atoms with Crippen molar-refractivity contribution in [3.63, 3.8) is 0 Å². The summed E-state index contributed by atoms with van der Waals surface area (Å²) in [7, 11) is 0. The first kappa shape index (κ1) is 18.0. The molecule has 0 spiro atoms. The van der Waals surface area contributed by atoms with E-state index in [-0.39, 0.29) is 11.9 Å². The van der Waals surface area contributed by atoms with E-state index < -0.39 is 0 Å². The molecule has 1 fully saturated rings. The molecule has 0 N–H and O–H groups in total. The molecular formula is C19H25ClN4O. The molecule has 1 amide bonds. The maximum absolute atomic E-state index is 12.8. The Morgan fingerprint density at radius 3 is 2.56 bits per heavy atom. The first-order chi connectivity index (χ1) is 12.0. The molecule has 134 valence electrons. The van der Waals surface area contributed by atoms with Gasteiger partial charge in [-0.05, 0) is 26.3 Å². The largest absolute Gasteiger partial charge is 0.338 e. The highest BCUT2D eigenvalue weighted by molar-refractivity contribution is 6.31. The van der Waals surface area contributed by atoms with Crippen LogP contribution in [0.1, 0.15) is 29.8 Å². The highest BCUT2D eigenvalue weighted by Crippen LogP contribution is 2.20. The number of piperazine rings is 1. The topological polar surface area (TPSA) is 41.4 Å². The van der Waals surface area contributed by atoms with Gasteiger partial charge in [-0.25, -0.2) is 0 Å². The number of amides is 1. The minimum atomic E-state index is -0.323. The fourth-order valence-electron chi connectivity index (χ4n) is 3.36. The van der Waals surface area contributed by atoms with E-state index >= 15 is 0 Å².